The average Bonchev–Trinajstić information content (AvgIpc) is 2.92. The molecular formula is C21H27ClN2O2. The Hall–Kier alpha value is -2.04. The zero-order valence-corrected chi connectivity index (χ0v) is 16.1. The van der Waals surface area contributed by atoms with Crippen molar-refractivity contribution < 1.29 is 9.53 Å². The van der Waals surface area contributed by atoms with E-state index in [1.54, 1.807) is 0 Å². The molecule has 0 bridgehead atoms. The van der Waals surface area contributed by atoms with Gasteiger partial charge in [-0.2, -0.15) is 0 Å². The quantitative estimate of drug-likeness (QED) is 0.791. The number of rotatable bonds is 6. The number of nitrogens with two attached hydrogens (primary N) is 1. The summed E-state index contributed by atoms with van der Waals surface area (Å²) in [5.41, 5.74) is 10.9. The minimum atomic E-state index is -0.402. The van der Waals surface area contributed by atoms with Crippen molar-refractivity contribution in [2.75, 3.05) is 13.2 Å². The summed E-state index contributed by atoms with van der Waals surface area (Å²) in [5, 5.41) is 2.77. The largest absolute Gasteiger partial charge is 0.449 e. The van der Waals surface area contributed by atoms with Gasteiger partial charge in [-0.1, -0.05) is 62.4 Å². The number of carbonyl (C=O) groups excluding carboxylic acids is 1. The van der Waals surface area contributed by atoms with E-state index < -0.39 is 6.09 Å². The second-order valence-electron chi connectivity index (χ2n) is 7.10. The molecule has 0 unspecified atom stereocenters. The molecule has 140 valence electrons. The predicted octanol–water partition coefficient (Wildman–Crippen LogP) is 4.32. The van der Waals surface area contributed by atoms with Crippen LogP contribution < -0.4 is 11.1 Å². The van der Waals surface area contributed by atoms with Crippen molar-refractivity contribution in [1.29, 1.82) is 0 Å². The predicted molar refractivity (Wildman–Crippen MR) is 108 cm³/mol. The first-order chi connectivity index (χ1) is 12.1. The van der Waals surface area contributed by atoms with Crippen molar-refractivity contribution in [3.8, 4) is 11.1 Å². The number of hydrogen-bond acceptors (Lipinski definition) is 3. The molecule has 1 amide bonds. The van der Waals surface area contributed by atoms with Crippen LogP contribution in [0.5, 0.6) is 0 Å². The summed E-state index contributed by atoms with van der Waals surface area (Å²) in [6, 6.07) is 16.6. The zero-order chi connectivity index (χ0) is 17.8. The van der Waals surface area contributed by atoms with Gasteiger partial charge in [0, 0.05) is 18.5 Å². The average molecular weight is 375 g/mol. The summed E-state index contributed by atoms with van der Waals surface area (Å²) >= 11 is 0. The second kappa shape index (κ2) is 9.06. The van der Waals surface area contributed by atoms with E-state index in [4.69, 9.17) is 10.5 Å². The fraction of sp³-hybridized carbons (Fsp3) is 0.381. The minimum Gasteiger partial charge on any atom is -0.449 e. The van der Waals surface area contributed by atoms with Crippen molar-refractivity contribution in [2.24, 2.45) is 11.7 Å². The molecule has 0 spiro atoms. The Labute approximate surface area is 161 Å². The van der Waals surface area contributed by atoms with Gasteiger partial charge in [0.25, 0.3) is 0 Å². The highest BCUT2D eigenvalue weighted by molar-refractivity contribution is 5.85. The monoisotopic (exact) mass is 374 g/mol. The molecule has 0 aliphatic heterocycles. The number of carbonyl (C=O) groups is 1. The van der Waals surface area contributed by atoms with E-state index in [1.807, 2.05) is 24.3 Å². The molecule has 0 heterocycles. The molecule has 0 saturated heterocycles. The van der Waals surface area contributed by atoms with Crippen LogP contribution >= 0.6 is 12.4 Å². The van der Waals surface area contributed by atoms with Crippen LogP contribution in [0.2, 0.25) is 0 Å². The van der Waals surface area contributed by atoms with Gasteiger partial charge >= 0.3 is 6.09 Å². The normalized spacial score (nSPS) is 13.5. The summed E-state index contributed by atoms with van der Waals surface area (Å²) in [7, 11) is 0. The van der Waals surface area contributed by atoms with Gasteiger partial charge in [0.2, 0.25) is 0 Å². The molecular weight excluding hydrogens is 348 g/mol. The van der Waals surface area contributed by atoms with E-state index in [0.717, 1.165) is 6.42 Å². The van der Waals surface area contributed by atoms with Gasteiger partial charge in [0.1, 0.15) is 6.61 Å². The number of halogens is 1. The third kappa shape index (κ3) is 4.57. The van der Waals surface area contributed by atoms with Gasteiger partial charge in [-0.25, -0.2) is 4.79 Å². The Bertz CT molecular complexity index is 703. The lowest BCUT2D eigenvalue weighted by atomic mass is 9.98. The highest BCUT2D eigenvalue weighted by Gasteiger charge is 2.28. The fourth-order valence-corrected chi connectivity index (χ4v) is 3.55. The Balaban J connectivity index is 0.00000243. The summed E-state index contributed by atoms with van der Waals surface area (Å²) in [4.78, 5) is 12.0. The maximum atomic E-state index is 12.0. The van der Waals surface area contributed by atoms with Crippen LogP contribution in [0.3, 0.4) is 0 Å². The molecule has 4 nitrogen and oxygen atoms in total. The third-order valence-electron chi connectivity index (χ3n) is 4.63. The number of alkyl carbamates (subject to hydrolysis) is 1. The maximum Gasteiger partial charge on any atom is 0.407 e. The number of amides is 1. The summed E-state index contributed by atoms with van der Waals surface area (Å²) in [6.45, 7) is 5.01. The van der Waals surface area contributed by atoms with Crippen LogP contribution in [0.1, 0.15) is 37.3 Å². The molecule has 26 heavy (non-hydrogen) atoms. The van der Waals surface area contributed by atoms with E-state index in [9.17, 15) is 4.79 Å². The van der Waals surface area contributed by atoms with Gasteiger partial charge < -0.3 is 15.8 Å². The van der Waals surface area contributed by atoms with Crippen molar-refractivity contribution in [3.05, 3.63) is 59.7 Å². The third-order valence-corrected chi connectivity index (χ3v) is 4.63. The van der Waals surface area contributed by atoms with Gasteiger partial charge in [-0.05, 0) is 34.6 Å². The Morgan fingerprint density at radius 1 is 1.08 bits per heavy atom. The van der Waals surface area contributed by atoms with E-state index in [2.05, 4.69) is 43.4 Å². The molecule has 3 rings (SSSR count). The van der Waals surface area contributed by atoms with Gasteiger partial charge in [0.15, 0.2) is 0 Å². The highest BCUT2D eigenvalue weighted by atomic mass is 35.5. The molecule has 1 atom stereocenters. The standard InChI is InChI=1S/C21H26N2O2.ClH/c1-14(2)11-15(22)12-23-21(24)25-13-20-18-9-5-3-7-16(18)17-8-4-6-10-19(17)20;/h3-10,14-15,20H,11-13,22H2,1-2H3,(H,23,24);1H/t15-;/m0./s1. The van der Waals surface area contributed by atoms with Crippen molar-refractivity contribution in [3.63, 3.8) is 0 Å². The van der Waals surface area contributed by atoms with Crippen LogP contribution in [-0.2, 0) is 4.74 Å². The molecule has 1 aliphatic carbocycles. The van der Waals surface area contributed by atoms with Crippen LogP contribution in [0.25, 0.3) is 11.1 Å². The lowest BCUT2D eigenvalue weighted by Gasteiger charge is -2.17. The van der Waals surface area contributed by atoms with Crippen molar-refractivity contribution >= 4 is 18.5 Å². The first kappa shape index (κ1) is 20.3. The van der Waals surface area contributed by atoms with Crippen LogP contribution in [-0.4, -0.2) is 25.3 Å². The van der Waals surface area contributed by atoms with E-state index in [-0.39, 0.29) is 24.4 Å². The molecule has 2 aromatic carbocycles. The highest BCUT2D eigenvalue weighted by Crippen LogP contribution is 2.44. The minimum absolute atomic E-state index is 0. The summed E-state index contributed by atoms with van der Waals surface area (Å²) in [6.07, 6.45) is 0.477. The first-order valence-corrected chi connectivity index (χ1v) is 8.90. The zero-order valence-electron chi connectivity index (χ0n) is 15.3. The molecule has 0 fully saturated rings. The lowest BCUT2D eigenvalue weighted by molar-refractivity contribution is 0.142. The van der Waals surface area contributed by atoms with Crippen LogP contribution in [0, 0.1) is 5.92 Å². The molecule has 3 N–H and O–H groups in total. The molecule has 1 aliphatic rings. The summed E-state index contributed by atoms with van der Waals surface area (Å²) < 4.78 is 5.49. The number of fused-ring (bicyclic) bond motifs is 3. The van der Waals surface area contributed by atoms with Crippen LogP contribution in [0.4, 0.5) is 4.79 Å². The van der Waals surface area contributed by atoms with Crippen molar-refractivity contribution in [2.45, 2.75) is 32.2 Å². The van der Waals surface area contributed by atoms with Crippen molar-refractivity contribution in [1.82, 2.24) is 5.32 Å². The van der Waals surface area contributed by atoms with Gasteiger partial charge in [-0.15, -0.1) is 12.4 Å². The summed E-state index contributed by atoms with van der Waals surface area (Å²) in [5.74, 6) is 0.599. The molecule has 0 saturated carbocycles. The molecule has 5 heteroatoms. The van der Waals surface area contributed by atoms with Crippen LogP contribution in [0.15, 0.2) is 48.5 Å². The number of hydrogen-bond donors (Lipinski definition) is 2. The smallest absolute Gasteiger partial charge is 0.407 e. The Morgan fingerprint density at radius 2 is 1.62 bits per heavy atom. The molecule has 0 aromatic heterocycles. The Kier molecular flexibility index (Phi) is 7.06. The topological polar surface area (TPSA) is 64.3 Å². The van der Waals surface area contributed by atoms with Gasteiger partial charge in [-0.3, -0.25) is 0 Å². The fourth-order valence-electron chi connectivity index (χ4n) is 3.55. The second-order valence-corrected chi connectivity index (χ2v) is 7.10. The van der Waals surface area contributed by atoms with E-state index in [1.165, 1.54) is 22.3 Å². The van der Waals surface area contributed by atoms with E-state index >= 15 is 0 Å². The molecule has 2 aromatic rings. The lowest BCUT2D eigenvalue weighted by Crippen LogP contribution is -2.38. The Morgan fingerprint density at radius 3 is 2.15 bits per heavy atom. The number of ether oxygens (including phenoxy) is 1. The number of nitrogens with one attached hydrogen (secondary N) is 1. The maximum absolute atomic E-state index is 12.0. The van der Waals surface area contributed by atoms with Gasteiger partial charge in [0.05, 0.1) is 0 Å². The molecule has 0 radical (unpaired) electrons. The SMILES string of the molecule is CC(C)C[C@H](N)CNC(=O)OCC1c2ccccc2-c2ccccc21.Cl. The number of benzene rings is 2. The van der Waals surface area contributed by atoms with E-state index in [0.29, 0.717) is 19.1 Å². The first-order valence-electron chi connectivity index (χ1n) is 8.90.